The molecule has 0 aromatic heterocycles. The first kappa shape index (κ1) is 39.6. The van der Waals surface area contributed by atoms with Crippen LogP contribution in [0, 0.1) is 0 Å². The van der Waals surface area contributed by atoms with Crippen LogP contribution in [0.25, 0.3) is 0 Å². The van der Waals surface area contributed by atoms with Crippen molar-refractivity contribution in [1.82, 2.24) is 0 Å². The smallest absolute Gasteiger partial charge is 0.306 e. The molecular weight excluding hydrogens is 510 g/mol. The number of carbonyl (C=O) groups excluding carboxylic acids is 2. The number of rotatable bonds is 30. The summed E-state index contributed by atoms with van der Waals surface area (Å²) in [5, 5.41) is 0. The Labute approximate surface area is 255 Å². The van der Waals surface area contributed by atoms with Crippen LogP contribution in [-0.4, -0.2) is 50.3 Å². The van der Waals surface area contributed by atoms with Gasteiger partial charge in [0.15, 0.2) is 0 Å². The van der Waals surface area contributed by atoms with E-state index in [1.807, 2.05) is 6.08 Å². The molecule has 0 aliphatic heterocycles. The van der Waals surface area contributed by atoms with Gasteiger partial charge in [0, 0.05) is 19.3 Å². The van der Waals surface area contributed by atoms with Crippen molar-refractivity contribution >= 4 is 11.9 Å². The van der Waals surface area contributed by atoms with E-state index in [-0.39, 0.29) is 18.5 Å². The minimum Gasteiger partial charge on any atom is -0.462 e. The third kappa shape index (κ3) is 31.4. The highest BCUT2D eigenvalue weighted by Crippen LogP contribution is 2.14. The number of unbranched alkanes of at least 4 members (excludes halogenated alkanes) is 20. The van der Waals surface area contributed by atoms with Crippen LogP contribution in [-0.2, 0) is 19.1 Å². The lowest BCUT2D eigenvalue weighted by Crippen LogP contribution is -2.28. The molecule has 0 saturated carbocycles. The minimum absolute atomic E-state index is 0.141. The van der Waals surface area contributed by atoms with E-state index >= 15 is 0 Å². The predicted octanol–water partition coefficient (Wildman–Crippen LogP) is 10.5. The molecule has 0 amide bonds. The molecule has 0 fully saturated rings. The van der Waals surface area contributed by atoms with Gasteiger partial charge in [-0.25, -0.2) is 0 Å². The van der Waals surface area contributed by atoms with E-state index in [2.05, 4.69) is 41.2 Å². The number of hydrogen-bond acceptors (Lipinski definition) is 4. The van der Waals surface area contributed by atoms with Crippen LogP contribution in [0.1, 0.15) is 174 Å². The van der Waals surface area contributed by atoms with Gasteiger partial charge in [0.1, 0.15) is 12.7 Å². The van der Waals surface area contributed by atoms with Crippen molar-refractivity contribution in [3.63, 3.8) is 0 Å². The number of ether oxygens (including phenoxy) is 2. The van der Waals surface area contributed by atoms with E-state index in [4.69, 9.17) is 9.47 Å². The lowest BCUT2D eigenvalue weighted by molar-refractivity contribution is -0.817. The molecule has 0 radical (unpaired) electrons. The van der Waals surface area contributed by atoms with Crippen molar-refractivity contribution in [1.29, 1.82) is 0 Å². The fourth-order valence-electron chi connectivity index (χ4n) is 5.05. The van der Waals surface area contributed by atoms with Crippen LogP contribution >= 0.6 is 0 Å². The molecule has 0 spiro atoms. The van der Waals surface area contributed by atoms with Crippen LogP contribution in [0.3, 0.4) is 0 Å². The third-order valence-corrected chi connectivity index (χ3v) is 7.65. The van der Waals surface area contributed by atoms with Gasteiger partial charge in [-0.15, -0.1) is 0 Å². The van der Waals surface area contributed by atoms with Gasteiger partial charge < -0.3 is 14.0 Å². The van der Waals surface area contributed by atoms with Gasteiger partial charge in [0.05, 0.1) is 27.3 Å². The second-order valence-electron chi connectivity index (χ2n) is 13.1. The summed E-state index contributed by atoms with van der Waals surface area (Å²) >= 11 is 0. The number of carbonyl (C=O) groups is 2. The van der Waals surface area contributed by atoms with Gasteiger partial charge in [-0.05, 0) is 18.9 Å². The van der Waals surface area contributed by atoms with Gasteiger partial charge in [-0.1, -0.05) is 142 Å². The largest absolute Gasteiger partial charge is 0.462 e. The average Bonchev–Trinajstić information content (AvgIpc) is 2.92. The van der Waals surface area contributed by atoms with E-state index in [9.17, 15) is 9.59 Å². The molecule has 0 bridgehead atoms. The zero-order valence-corrected chi connectivity index (χ0v) is 28.2. The molecule has 0 saturated heterocycles. The monoisotopic (exact) mass is 581 g/mol. The molecule has 0 aliphatic rings. The molecule has 41 heavy (non-hydrogen) atoms. The molecule has 0 aliphatic carbocycles. The topological polar surface area (TPSA) is 52.6 Å². The summed E-state index contributed by atoms with van der Waals surface area (Å²) in [6, 6.07) is 0. The summed E-state index contributed by atoms with van der Waals surface area (Å²) in [7, 11) is 6.24. The summed E-state index contributed by atoms with van der Waals surface area (Å²) < 4.78 is 12.0. The van der Waals surface area contributed by atoms with Crippen molar-refractivity contribution in [2.24, 2.45) is 0 Å². The molecule has 5 nitrogen and oxygen atoms in total. The summed E-state index contributed by atoms with van der Waals surface area (Å²) in [5.74, 6) is -0.353. The van der Waals surface area contributed by atoms with Gasteiger partial charge in [-0.2, -0.15) is 0 Å². The van der Waals surface area contributed by atoms with E-state index in [0.29, 0.717) is 23.7 Å². The van der Waals surface area contributed by atoms with Crippen LogP contribution in [0.15, 0.2) is 12.3 Å². The highest BCUT2D eigenvalue weighted by atomic mass is 16.6. The molecule has 0 N–H and O–H groups in total. The molecule has 0 unspecified atom stereocenters. The molecule has 0 aromatic rings. The second-order valence-corrected chi connectivity index (χ2v) is 13.1. The molecule has 0 rings (SSSR count). The third-order valence-electron chi connectivity index (χ3n) is 7.65. The van der Waals surface area contributed by atoms with Crippen LogP contribution in [0.2, 0.25) is 0 Å². The highest BCUT2D eigenvalue weighted by Gasteiger charge is 2.17. The Morgan fingerprint density at radius 2 is 0.927 bits per heavy atom. The molecule has 5 heteroatoms. The number of nitrogens with zero attached hydrogens (tertiary/aromatic N) is 1. The standard InChI is InChI=1S/C36H70NO4/c1-6-8-10-12-14-16-18-20-22-24-26-30-35(38)40-33-34(29-28-32-37(3,4)5)41-36(39)31-27-25-23-21-19-17-15-13-11-9-7-2/h28,32,34H,6-27,29-31,33H2,1-5H3/q+1/t34-/m0/s1. The Hall–Kier alpha value is -1.36. The summed E-state index contributed by atoms with van der Waals surface area (Å²) in [5.41, 5.74) is 0. The second kappa shape index (κ2) is 28.7. The number of esters is 2. The summed E-state index contributed by atoms with van der Waals surface area (Å²) in [6.45, 7) is 4.66. The predicted molar refractivity (Wildman–Crippen MR) is 175 cm³/mol. The molecule has 1 atom stereocenters. The number of hydrogen-bond donors (Lipinski definition) is 0. The van der Waals surface area contributed by atoms with E-state index in [0.717, 1.165) is 25.7 Å². The molecule has 242 valence electrons. The summed E-state index contributed by atoms with van der Waals surface area (Å²) in [6.07, 6.45) is 32.8. The van der Waals surface area contributed by atoms with Crippen molar-refractivity contribution in [3.05, 3.63) is 12.3 Å². The number of quaternary nitrogens is 1. The first-order chi connectivity index (χ1) is 19.8. The van der Waals surface area contributed by atoms with Crippen LogP contribution in [0.4, 0.5) is 0 Å². The first-order valence-corrected chi connectivity index (χ1v) is 17.6. The van der Waals surface area contributed by atoms with Crippen LogP contribution in [0.5, 0.6) is 0 Å². The quantitative estimate of drug-likeness (QED) is 0.0482. The lowest BCUT2D eigenvalue weighted by atomic mass is 10.1. The highest BCUT2D eigenvalue weighted by molar-refractivity contribution is 5.70. The zero-order chi connectivity index (χ0) is 30.4. The molecule has 0 aromatic carbocycles. The maximum Gasteiger partial charge on any atom is 0.306 e. The fraction of sp³-hybridized carbons (Fsp3) is 0.889. The summed E-state index contributed by atoms with van der Waals surface area (Å²) in [4.78, 5) is 24.8. The van der Waals surface area contributed by atoms with Crippen molar-refractivity contribution < 1.29 is 23.5 Å². The van der Waals surface area contributed by atoms with Crippen LogP contribution < -0.4 is 0 Å². The van der Waals surface area contributed by atoms with E-state index < -0.39 is 6.10 Å². The fourth-order valence-corrected chi connectivity index (χ4v) is 5.05. The average molecular weight is 581 g/mol. The Kier molecular flexibility index (Phi) is 27.8. The minimum atomic E-state index is -0.417. The van der Waals surface area contributed by atoms with Gasteiger partial charge in [-0.3, -0.25) is 9.59 Å². The van der Waals surface area contributed by atoms with Crippen molar-refractivity contribution in [2.45, 2.75) is 180 Å². The lowest BCUT2D eigenvalue weighted by Gasteiger charge is -2.19. The van der Waals surface area contributed by atoms with Crippen molar-refractivity contribution in [3.8, 4) is 0 Å². The molecular formula is C36H70NO4+. The normalized spacial score (nSPS) is 12.6. The van der Waals surface area contributed by atoms with Gasteiger partial charge in [0.2, 0.25) is 0 Å². The Bertz CT molecular complexity index is 626. The Morgan fingerprint density at radius 3 is 1.32 bits per heavy atom. The van der Waals surface area contributed by atoms with Gasteiger partial charge in [0.25, 0.3) is 0 Å². The Balaban J connectivity index is 4.10. The first-order valence-electron chi connectivity index (χ1n) is 17.6. The molecule has 0 heterocycles. The maximum atomic E-state index is 12.5. The van der Waals surface area contributed by atoms with Crippen molar-refractivity contribution in [2.75, 3.05) is 27.7 Å². The SMILES string of the molecule is CCCCCCCCCCCCCC(=O)OC[C@H](CC=C[N+](C)(C)C)OC(=O)CCCCCCCCCCCCC. The van der Waals surface area contributed by atoms with E-state index in [1.54, 1.807) is 0 Å². The van der Waals surface area contributed by atoms with E-state index in [1.165, 1.54) is 116 Å². The zero-order valence-electron chi connectivity index (χ0n) is 28.2. The maximum absolute atomic E-state index is 12.5. The van der Waals surface area contributed by atoms with Gasteiger partial charge >= 0.3 is 11.9 Å². The Morgan fingerprint density at radius 1 is 0.561 bits per heavy atom.